The minimum Gasteiger partial charge on any atom is -0.480 e. The van der Waals surface area contributed by atoms with E-state index in [0.717, 1.165) is 37.2 Å². The van der Waals surface area contributed by atoms with Crippen LogP contribution in [0.4, 0.5) is 0 Å². The third-order valence-corrected chi connectivity index (χ3v) is 4.82. The van der Waals surface area contributed by atoms with Gasteiger partial charge < -0.3 is 9.64 Å². The molecule has 1 fully saturated rings. The molecule has 3 heterocycles. The molecule has 2 atom stereocenters. The number of carbonyl (C=O) groups is 1. The summed E-state index contributed by atoms with van der Waals surface area (Å²) >= 11 is 6.02. The third kappa shape index (κ3) is 2.81. The molecule has 2 aliphatic rings. The van der Waals surface area contributed by atoms with Crippen LogP contribution in [0.2, 0.25) is 5.02 Å². The van der Waals surface area contributed by atoms with Gasteiger partial charge in [0.2, 0.25) is 0 Å². The highest BCUT2D eigenvalue weighted by molar-refractivity contribution is 6.30. The largest absolute Gasteiger partial charge is 0.480 e. The van der Waals surface area contributed by atoms with Crippen molar-refractivity contribution < 1.29 is 9.53 Å². The molecule has 0 spiro atoms. The van der Waals surface area contributed by atoms with Gasteiger partial charge in [-0.1, -0.05) is 11.6 Å². The number of hydrogen-bond donors (Lipinski definition) is 0. The standard InChI is InChI=1S/C17H18ClN3O2/c18-13-4-5-15-12(9-13)10-16(23-15)17(22)21-8-1-3-14(21)11-20-7-2-6-19-20/h2,4-7,9,14,16H,1,3,8,10-11H2/t14-,16-/m0/s1. The fourth-order valence-electron chi connectivity index (χ4n) is 3.48. The highest BCUT2D eigenvalue weighted by atomic mass is 35.5. The Kier molecular flexibility index (Phi) is 3.73. The Bertz CT molecular complexity index is 717. The Hall–Kier alpha value is -2.01. The lowest BCUT2D eigenvalue weighted by Gasteiger charge is -2.27. The van der Waals surface area contributed by atoms with Crippen LogP contribution in [-0.4, -0.2) is 39.3 Å². The molecule has 2 aromatic rings. The van der Waals surface area contributed by atoms with Gasteiger partial charge in [-0.15, -0.1) is 0 Å². The zero-order valence-corrected chi connectivity index (χ0v) is 13.4. The van der Waals surface area contributed by atoms with Crippen molar-refractivity contribution in [1.29, 1.82) is 0 Å². The fraction of sp³-hybridized carbons (Fsp3) is 0.412. The summed E-state index contributed by atoms with van der Waals surface area (Å²) in [6.45, 7) is 1.53. The first-order valence-corrected chi connectivity index (χ1v) is 8.31. The van der Waals surface area contributed by atoms with Gasteiger partial charge in [0.15, 0.2) is 6.10 Å². The minimum atomic E-state index is -0.429. The molecule has 1 saturated heterocycles. The van der Waals surface area contributed by atoms with Gasteiger partial charge >= 0.3 is 0 Å². The predicted molar refractivity (Wildman–Crippen MR) is 86.5 cm³/mol. The third-order valence-electron chi connectivity index (χ3n) is 4.59. The first kappa shape index (κ1) is 14.6. The molecular weight excluding hydrogens is 314 g/mol. The van der Waals surface area contributed by atoms with Crippen LogP contribution >= 0.6 is 11.6 Å². The highest BCUT2D eigenvalue weighted by Crippen LogP contribution is 2.32. The van der Waals surface area contributed by atoms with Crippen LogP contribution in [0, 0.1) is 0 Å². The molecule has 0 unspecified atom stereocenters. The molecule has 4 rings (SSSR count). The van der Waals surface area contributed by atoms with Crippen LogP contribution in [0.15, 0.2) is 36.7 Å². The number of hydrogen-bond acceptors (Lipinski definition) is 3. The van der Waals surface area contributed by atoms with E-state index in [4.69, 9.17) is 16.3 Å². The van der Waals surface area contributed by atoms with E-state index in [2.05, 4.69) is 5.10 Å². The number of fused-ring (bicyclic) bond motifs is 1. The number of amides is 1. The smallest absolute Gasteiger partial charge is 0.264 e. The lowest BCUT2D eigenvalue weighted by Crippen LogP contribution is -2.45. The number of rotatable bonds is 3. The van der Waals surface area contributed by atoms with Gasteiger partial charge in [0.25, 0.3) is 5.91 Å². The fourth-order valence-corrected chi connectivity index (χ4v) is 3.67. The van der Waals surface area contributed by atoms with Crippen molar-refractivity contribution in [2.24, 2.45) is 0 Å². The van der Waals surface area contributed by atoms with Crippen molar-refractivity contribution in [2.75, 3.05) is 6.54 Å². The summed E-state index contributed by atoms with van der Waals surface area (Å²) in [6, 6.07) is 7.62. The summed E-state index contributed by atoms with van der Waals surface area (Å²) < 4.78 is 7.74. The number of aromatic nitrogens is 2. The Morgan fingerprint density at radius 2 is 2.35 bits per heavy atom. The van der Waals surface area contributed by atoms with E-state index >= 15 is 0 Å². The maximum absolute atomic E-state index is 12.9. The molecule has 2 aliphatic heterocycles. The first-order valence-electron chi connectivity index (χ1n) is 7.94. The van der Waals surface area contributed by atoms with Gasteiger partial charge in [0.05, 0.1) is 12.6 Å². The predicted octanol–water partition coefficient (Wildman–Crippen LogP) is 2.53. The summed E-state index contributed by atoms with van der Waals surface area (Å²) in [6.07, 6.45) is 5.91. The van der Waals surface area contributed by atoms with E-state index < -0.39 is 6.10 Å². The maximum Gasteiger partial charge on any atom is 0.264 e. The van der Waals surface area contributed by atoms with Crippen molar-refractivity contribution in [3.8, 4) is 5.75 Å². The van der Waals surface area contributed by atoms with Crippen LogP contribution in [0.5, 0.6) is 5.75 Å². The van der Waals surface area contributed by atoms with Gasteiger partial charge in [-0.2, -0.15) is 5.10 Å². The van der Waals surface area contributed by atoms with Gasteiger partial charge in [-0.05, 0) is 42.7 Å². The van der Waals surface area contributed by atoms with Crippen LogP contribution in [0.1, 0.15) is 18.4 Å². The van der Waals surface area contributed by atoms with Crippen LogP contribution in [0.3, 0.4) is 0 Å². The first-order chi connectivity index (χ1) is 11.2. The van der Waals surface area contributed by atoms with E-state index in [-0.39, 0.29) is 11.9 Å². The van der Waals surface area contributed by atoms with Crippen LogP contribution < -0.4 is 4.74 Å². The number of nitrogens with zero attached hydrogens (tertiary/aromatic N) is 3. The summed E-state index contributed by atoms with van der Waals surface area (Å²) in [5, 5.41) is 4.92. The van der Waals surface area contributed by atoms with Gasteiger partial charge in [-0.25, -0.2) is 0 Å². The second-order valence-electron chi connectivity index (χ2n) is 6.12. The number of benzene rings is 1. The van der Waals surface area contributed by atoms with E-state index in [1.54, 1.807) is 12.3 Å². The Morgan fingerprint density at radius 3 is 3.17 bits per heavy atom. The molecule has 5 nitrogen and oxygen atoms in total. The molecule has 1 amide bonds. The SMILES string of the molecule is O=C([C@@H]1Cc2cc(Cl)ccc2O1)N1CCC[C@H]1Cn1cccn1. The molecule has 0 N–H and O–H groups in total. The summed E-state index contributed by atoms with van der Waals surface area (Å²) in [7, 11) is 0. The molecular formula is C17H18ClN3O2. The second kappa shape index (κ2) is 5.89. The van der Waals surface area contributed by atoms with Crippen LogP contribution in [-0.2, 0) is 17.8 Å². The number of likely N-dealkylation sites (tertiary alicyclic amines) is 1. The van der Waals surface area contributed by atoms with Crippen LogP contribution in [0.25, 0.3) is 0 Å². The molecule has 1 aromatic carbocycles. The molecule has 6 heteroatoms. The Labute approximate surface area is 139 Å². The van der Waals surface area contributed by atoms with Crippen molar-refractivity contribution in [2.45, 2.75) is 38.0 Å². The van der Waals surface area contributed by atoms with Gasteiger partial charge in [0, 0.05) is 30.4 Å². The Balaban J connectivity index is 1.46. The molecule has 23 heavy (non-hydrogen) atoms. The zero-order valence-electron chi connectivity index (χ0n) is 12.7. The van der Waals surface area contributed by atoms with E-state index in [0.29, 0.717) is 11.4 Å². The van der Waals surface area contributed by atoms with E-state index in [9.17, 15) is 4.79 Å². The summed E-state index contributed by atoms with van der Waals surface area (Å²) in [5.74, 6) is 0.850. The molecule has 120 valence electrons. The quantitative estimate of drug-likeness (QED) is 0.868. The average Bonchev–Trinajstić information content (AvgIpc) is 3.26. The molecule has 1 aromatic heterocycles. The summed E-state index contributed by atoms with van der Waals surface area (Å²) in [5.41, 5.74) is 1.01. The molecule has 0 aliphatic carbocycles. The topological polar surface area (TPSA) is 47.4 Å². The number of halogens is 1. The molecule has 0 radical (unpaired) electrons. The zero-order chi connectivity index (χ0) is 15.8. The van der Waals surface area contributed by atoms with E-state index in [1.807, 2.05) is 34.0 Å². The maximum atomic E-state index is 12.9. The Morgan fingerprint density at radius 1 is 1.43 bits per heavy atom. The van der Waals surface area contributed by atoms with Crippen molar-refractivity contribution in [3.63, 3.8) is 0 Å². The normalized spacial score (nSPS) is 22.9. The second-order valence-corrected chi connectivity index (χ2v) is 6.55. The van der Waals surface area contributed by atoms with Crippen molar-refractivity contribution in [3.05, 3.63) is 47.2 Å². The summed E-state index contributed by atoms with van der Waals surface area (Å²) in [4.78, 5) is 14.8. The van der Waals surface area contributed by atoms with Gasteiger partial charge in [-0.3, -0.25) is 9.48 Å². The highest BCUT2D eigenvalue weighted by Gasteiger charge is 2.37. The lowest BCUT2D eigenvalue weighted by atomic mass is 10.1. The minimum absolute atomic E-state index is 0.0759. The lowest BCUT2D eigenvalue weighted by molar-refractivity contribution is -0.139. The molecule has 0 bridgehead atoms. The monoisotopic (exact) mass is 331 g/mol. The molecule has 0 saturated carbocycles. The van der Waals surface area contributed by atoms with E-state index in [1.165, 1.54) is 0 Å². The van der Waals surface area contributed by atoms with Crippen molar-refractivity contribution in [1.82, 2.24) is 14.7 Å². The average molecular weight is 332 g/mol. The number of ether oxygens (including phenoxy) is 1. The number of carbonyl (C=O) groups excluding carboxylic acids is 1. The van der Waals surface area contributed by atoms with Crippen molar-refractivity contribution >= 4 is 17.5 Å². The van der Waals surface area contributed by atoms with Gasteiger partial charge in [0.1, 0.15) is 5.75 Å².